The predicted molar refractivity (Wildman–Crippen MR) is 83.8 cm³/mol. The molecule has 0 saturated heterocycles. The first-order chi connectivity index (χ1) is 12.4. The summed E-state index contributed by atoms with van der Waals surface area (Å²) in [5, 5.41) is 10.6. The molecule has 0 heterocycles. The number of ether oxygens (including phenoxy) is 5. The molecule has 6 atom stereocenters. The number of carbonyl (C=O) groups is 5. The Labute approximate surface area is 154 Å². The van der Waals surface area contributed by atoms with Crippen molar-refractivity contribution in [2.24, 2.45) is 0 Å². The van der Waals surface area contributed by atoms with Gasteiger partial charge in [-0.15, -0.1) is 0 Å². The van der Waals surface area contributed by atoms with Crippen LogP contribution in [-0.4, -0.2) is 71.6 Å². The van der Waals surface area contributed by atoms with Gasteiger partial charge in [0.25, 0.3) is 0 Å². The minimum atomic E-state index is -1.74. The standard InChI is InChI=1S/C16H22O11/c1-6(17)23-12-11(22)13(24-7(2)18)15(26-9(4)20)16(27-10(5)21)14(12)25-8(3)19/h11-16,22H,1-5H3/t11-,12-,13-,14+,15-,16-/m1/s1. The predicted octanol–water partition coefficient (Wildman–Crippen LogP) is -0.981. The highest BCUT2D eigenvalue weighted by molar-refractivity contribution is 5.70. The number of esters is 5. The zero-order valence-corrected chi connectivity index (χ0v) is 15.5. The van der Waals surface area contributed by atoms with Crippen molar-refractivity contribution in [1.82, 2.24) is 0 Å². The molecule has 0 amide bonds. The SMILES string of the molecule is CC(=O)O[C@@H]1[C@@H](OC(C)=O)[C@H](OC(C)=O)[C@@H](O)[C@@H](OC(C)=O)[C@H]1OC(C)=O. The van der Waals surface area contributed by atoms with Gasteiger partial charge in [-0.25, -0.2) is 0 Å². The van der Waals surface area contributed by atoms with Crippen molar-refractivity contribution in [3.63, 3.8) is 0 Å². The first-order valence-electron chi connectivity index (χ1n) is 7.98. The fraction of sp³-hybridized carbons (Fsp3) is 0.688. The maximum atomic E-state index is 11.5. The third kappa shape index (κ3) is 6.20. The van der Waals surface area contributed by atoms with Crippen LogP contribution in [0.25, 0.3) is 0 Å². The van der Waals surface area contributed by atoms with E-state index in [4.69, 9.17) is 23.7 Å². The van der Waals surface area contributed by atoms with Gasteiger partial charge in [-0.1, -0.05) is 0 Å². The molecule has 0 aromatic rings. The minimum absolute atomic E-state index is 0.839. The van der Waals surface area contributed by atoms with Gasteiger partial charge in [-0.05, 0) is 0 Å². The average molecular weight is 390 g/mol. The number of rotatable bonds is 5. The van der Waals surface area contributed by atoms with Crippen molar-refractivity contribution in [3.8, 4) is 0 Å². The molecule has 1 fully saturated rings. The molecule has 1 saturated carbocycles. The molecule has 0 bridgehead atoms. The molecule has 0 radical (unpaired) electrons. The molecule has 1 rings (SSSR count). The summed E-state index contributed by atoms with van der Waals surface area (Å²) in [5.41, 5.74) is 0. The van der Waals surface area contributed by atoms with Crippen LogP contribution in [0.5, 0.6) is 0 Å². The van der Waals surface area contributed by atoms with Crippen molar-refractivity contribution in [3.05, 3.63) is 0 Å². The largest absolute Gasteiger partial charge is 0.455 e. The molecular formula is C16H22O11. The summed E-state index contributed by atoms with van der Waals surface area (Å²) in [6.07, 6.45) is -9.37. The Hall–Kier alpha value is -2.69. The molecule has 1 aliphatic rings. The lowest BCUT2D eigenvalue weighted by Crippen LogP contribution is -2.68. The third-order valence-electron chi connectivity index (χ3n) is 3.48. The van der Waals surface area contributed by atoms with E-state index in [2.05, 4.69) is 0 Å². The summed E-state index contributed by atoms with van der Waals surface area (Å²) < 4.78 is 25.2. The second-order valence-corrected chi connectivity index (χ2v) is 5.86. The zero-order valence-electron chi connectivity index (χ0n) is 15.5. The lowest BCUT2D eigenvalue weighted by molar-refractivity contribution is -0.255. The van der Waals surface area contributed by atoms with Crippen molar-refractivity contribution in [2.45, 2.75) is 71.2 Å². The highest BCUT2D eigenvalue weighted by atomic mass is 16.7. The van der Waals surface area contributed by atoms with Crippen LogP contribution in [0, 0.1) is 0 Å². The smallest absolute Gasteiger partial charge is 0.303 e. The van der Waals surface area contributed by atoms with Crippen molar-refractivity contribution in [1.29, 1.82) is 0 Å². The van der Waals surface area contributed by atoms with Gasteiger partial charge in [0.2, 0.25) is 0 Å². The molecule has 27 heavy (non-hydrogen) atoms. The molecule has 0 aromatic carbocycles. The first-order valence-corrected chi connectivity index (χ1v) is 7.98. The second kappa shape index (κ2) is 9.31. The monoisotopic (exact) mass is 390 g/mol. The quantitative estimate of drug-likeness (QED) is 0.455. The highest BCUT2D eigenvalue weighted by Gasteiger charge is 2.58. The van der Waals surface area contributed by atoms with E-state index in [0.29, 0.717) is 0 Å². The third-order valence-corrected chi connectivity index (χ3v) is 3.48. The Bertz CT molecular complexity index is 569. The minimum Gasteiger partial charge on any atom is -0.455 e. The van der Waals surface area contributed by atoms with E-state index in [1.54, 1.807) is 0 Å². The van der Waals surface area contributed by atoms with E-state index in [9.17, 15) is 29.1 Å². The summed E-state index contributed by atoms with van der Waals surface area (Å²) in [4.78, 5) is 57.4. The van der Waals surface area contributed by atoms with E-state index in [-0.39, 0.29) is 0 Å². The summed E-state index contributed by atoms with van der Waals surface area (Å²) in [6.45, 7) is 5.21. The number of hydrogen-bond acceptors (Lipinski definition) is 11. The van der Waals surface area contributed by atoms with Crippen LogP contribution in [0.2, 0.25) is 0 Å². The maximum absolute atomic E-state index is 11.5. The first kappa shape index (κ1) is 22.4. The van der Waals surface area contributed by atoms with Gasteiger partial charge in [0, 0.05) is 34.6 Å². The van der Waals surface area contributed by atoms with Crippen LogP contribution in [0.15, 0.2) is 0 Å². The van der Waals surface area contributed by atoms with Crippen molar-refractivity contribution in [2.75, 3.05) is 0 Å². The van der Waals surface area contributed by atoms with E-state index in [1.165, 1.54) is 0 Å². The van der Waals surface area contributed by atoms with E-state index >= 15 is 0 Å². The van der Waals surface area contributed by atoms with Gasteiger partial charge < -0.3 is 28.8 Å². The molecule has 11 heteroatoms. The Morgan fingerprint density at radius 1 is 0.481 bits per heavy atom. The lowest BCUT2D eigenvalue weighted by Gasteiger charge is -2.45. The molecule has 0 aliphatic heterocycles. The molecule has 0 aromatic heterocycles. The molecule has 11 nitrogen and oxygen atoms in total. The number of aliphatic hydroxyl groups excluding tert-OH is 1. The fourth-order valence-corrected chi connectivity index (χ4v) is 2.77. The van der Waals surface area contributed by atoms with Gasteiger partial charge in [0.05, 0.1) is 0 Å². The van der Waals surface area contributed by atoms with E-state index in [1.807, 2.05) is 0 Å². The van der Waals surface area contributed by atoms with Crippen molar-refractivity contribution < 1.29 is 52.8 Å². The Morgan fingerprint density at radius 2 is 0.667 bits per heavy atom. The molecular weight excluding hydrogens is 368 g/mol. The number of hydrogen-bond donors (Lipinski definition) is 1. The topological polar surface area (TPSA) is 152 Å². The normalized spacial score (nSPS) is 29.9. The van der Waals surface area contributed by atoms with Crippen molar-refractivity contribution >= 4 is 29.8 Å². The van der Waals surface area contributed by atoms with Gasteiger partial charge in [-0.2, -0.15) is 0 Å². The Balaban J connectivity index is 3.46. The van der Waals surface area contributed by atoms with Gasteiger partial charge in [0.1, 0.15) is 6.10 Å². The van der Waals surface area contributed by atoms with Crippen LogP contribution in [0.4, 0.5) is 0 Å². The van der Waals surface area contributed by atoms with Crippen LogP contribution >= 0.6 is 0 Å². The zero-order chi connectivity index (χ0) is 20.9. The van der Waals surface area contributed by atoms with E-state index < -0.39 is 66.5 Å². The van der Waals surface area contributed by atoms with Crippen LogP contribution < -0.4 is 0 Å². The maximum Gasteiger partial charge on any atom is 0.303 e. The number of aliphatic hydroxyl groups is 1. The summed E-state index contributed by atoms with van der Waals surface area (Å²) in [7, 11) is 0. The fourth-order valence-electron chi connectivity index (χ4n) is 2.77. The van der Waals surface area contributed by atoms with Gasteiger partial charge >= 0.3 is 29.8 Å². The molecule has 1 N–H and O–H groups in total. The van der Waals surface area contributed by atoms with Gasteiger partial charge in [0.15, 0.2) is 30.5 Å². The lowest BCUT2D eigenvalue weighted by atomic mass is 9.84. The highest BCUT2D eigenvalue weighted by Crippen LogP contribution is 2.32. The Kier molecular flexibility index (Phi) is 7.70. The van der Waals surface area contributed by atoms with Crippen LogP contribution in [-0.2, 0) is 47.7 Å². The molecule has 0 unspecified atom stereocenters. The van der Waals surface area contributed by atoms with Crippen LogP contribution in [0.3, 0.4) is 0 Å². The van der Waals surface area contributed by atoms with Crippen LogP contribution in [0.1, 0.15) is 34.6 Å². The summed E-state index contributed by atoms with van der Waals surface area (Å²) in [5.74, 6) is -4.20. The summed E-state index contributed by atoms with van der Waals surface area (Å²) in [6, 6.07) is 0. The molecule has 152 valence electrons. The average Bonchev–Trinajstić information content (AvgIpc) is 2.49. The Morgan fingerprint density at radius 3 is 0.889 bits per heavy atom. The molecule has 1 aliphatic carbocycles. The van der Waals surface area contributed by atoms with E-state index in [0.717, 1.165) is 34.6 Å². The molecule has 0 spiro atoms. The second-order valence-electron chi connectivity index (χ2n) is 5.86. The summed E-state index contributed by atoms with van der Waals surface area (Å²) >= 11 is 0. The van der Waals surface area contributed by atoms with Gasteiger partial charge in [-0.3, -0.25) is 24.0 Å². The number of carbonyl (C=O) groups excluding carboxylic acids is 5.